The van der Waals surface area contributed by atoms with Crippen molar-refractivity contribution in [3.05, 3.63) is 66.7 Å². The molecule has 0 fully saturated rings. The van der Waals surface area contributed by atoms with E-state index in [2.05, 4.69) is 21.1 Å². The number of nitrogens with one attached hydrogen (secondary N) is 1. The van der Waals surface area contributed by atoms with Crippen LogP contribution < -0.4 is 0 Å². The molecular formula is C18H13N5. The van der Waals surface area contributed by atoms with Crippen LogP contribution in [0, 0.1) is 11.3 Å². The molecule has 3 heterocycles. The van der Waals surface area contributed by atoms with Gasteiger partial charge < -0.3 is 4.98 Å². The molecule has 0 aliphatic heterocycles. The van der Waals surface area contributed by atoms with Gasteiger partial charge in [-0.25, -0.2) is 9.67 Å². The first kappa shape index (κ1) is 13.3. The number of hydrogen-bond acceptors (Lipinski definition) is 3. The monoisotopic (exact) mass is 299 g/mol. The van der Waals surface area contributed by atoms with Gasteiger partial charge in [-0.2, -0.15) is 10.4 Å². The number of H-pyrrole nitrogens is 1. The maximum absolute atomic E-state index is 8.73. The number of aromatic nitrogens is 4. The van der Waals surface area contributed by atoms with E-state index in [4.69, 9.17) is 5.26 Å². The number of hydrogen-bond donors (Lipinski definition) is 1. The number of nitriles is 1. The fraction of sp³-hybridized carbons (Fsp3) is 0.0556. The van der Waals surface area contributed by atoms with Gasteiger partial charge in [-0.1, -0.05) is 12.1 Å². The summed E-state index contributed by atoms with van der Waals surface area (Å²) >= 11 is 0. The molecule has 4 rings (SSSR count). The van der Waals surface area contributed by atoms with Gasteiger partial charge in [-0.3, -0.25) is 0 Å². The Kier molecular flexibility index (Phi) is 3.13. The molecule has 0 aliphatic carbocycles. The predicted octanol–water partition coefficient (Wildman–Crippen LogP) is 3.48. The Morgan fingerprint density at radius 3 is 2.83 bits per heavy atom. The molecule has 0 spiro atoms. The summed E-state index contributed by atoms with van der Waals surface area (Å²) in [6.45, 7) is 0. The van der Waals surface area contributed by atoms with Crippen LogP contribution in [0.2, 0.25) is 0 Å². The zero-order valence-electron chi connectivity index (χ0n) is 12.3. The van der Waals surface area contributed by atoms with Gasteiger partial charge in [0.2, 0.25) is 0 Å². The first-order chi connectivity index (χ1) is 11.3. The van der Waals surface area contributed by atoms with Crippen LogP contribution in [-0.4, -0.2) is 19.7 Å². The standard InChI is InChI=1S/C18H13N5/c19-8-5-13-1-3-15(4-2-13)23-12-14(11-22-23)16-6-9-20-18-17(16)7-10-21-18/h1-4,6-7,9-12H,5H2,(H,20,21). The number of nitrogens with zero attached hydrogens (tertiary/aromatic N) is 4. The van der Waals surface area contributed by atoms with Gasteiger partial charge >= 0.3 is 0 Å². The van der Waals surface area contributed by atoms with Crippen molar-refractivity contribution in [2.75, 3.05) is 0 Å². The number of pyridine rings is 1. The highest BCUT2D eigenvalue weighted by Gasteiger charge is 2.08. The molecule has 3 aromatic heterocycles. The number of benzene rings is 1. The summed E-state index contributed by atoms with van der Waals surface area (Å²) < 4.78 is 1.84. The molecule has 5 heteroatoms. The molecule has 1 N–H and O–H groups in total. The zero-order valence-corrected chi connectivity index (χ0v) is 12.3. The van der Waals surface area contributed by atoms with E-state index >= 15 is 0 Å². The molecule has 23 heavy (non-hydrogen) atoms. The fourth-order valence-corrected chi connectivity index (χ4v) is 2.67. The van der Waals surface area contributed by atoms with Gasteiger partial charge in [0, 0.05) is 29.5 Å². The summed E-state index contributed by atoms with van der Waals surface area (Å²) in [5, 5.41) is 14.3. The Labute approximate surface area is 132 Å². The molecule has 0 amide bonds. The molecule has 0 atom stereocenters. The summed E-state index contributed by atoms with van der Waals surface area (Å²) in [7, 11) is 0. The van der Waals surface area contributed by atoms with E-state index < -0.39 is 0 Å². The summed E-state index contributed by atoms with van der Waals surface area (Å²) in [5.74, 6) is 0. The van der Waals surface area contributed by atoms with Crippen molar-refractivity contribution in [2.45, 2.75) is 6.42 Å². The van der Waals surface area contributed by atoms with Gasteiger partial charge in [-0.05, 0) is 35.4 Å². The molecule has 110 valence electrons. The van der Waals surface area contributed by atoms with Crippen molar-refractivity contribution in [3.63, 3.8) is 0 Å². The van der Waals surface area contributed by atoms with E-state index in [0.29, 0.717) is 6.42 Å². The van der Waals surface area contributed by atoms with Crippen LogP contribution in [0.5, 0.6) is 0 Å². The van der Waals surface area contributed by atoms with E-state index in [9.17, 15) is 0 Å². The average Bonchev–Trinajstić information content (AvgIpc) is 3.25. The van der Waals surface area contributed by atoms with E-state index in [1.165, 1.54) is 0 Å². The van der Waals surface area contributed by atoms with Crippen molar-refractivity contribution < 1.29 is 0 Å². The van der Waals surface area contributed by atoms with Crippen LogP contribution in [0.4, 0.5) is 0 Å². The maximum Gasteiger partial charge on any atom is 0.137 e. The fourth-order valence-electron chi connectivity index (χ4n) is 2.67. The van der Waals surface area contributed by atoms with Gasteiger partial charge in [-0.15, -0.1) is 0 Å². The maximum atomic E-state index is 8.73. The lowest BCUT2D eigenvalue weighted by atomic mass is 10.1. The molecule has 4 aromatic rings. The highest BCUT2D eigenvalue weighted by molar-refractivity contribution is 5.92. The number of fused-ring (bicyclic) bond motifs is 1. The van der Waals surface area contributed by atoms with Crippen molar-refractivity contribution >= 4 is 11.0 Å². The van der Waals surface area contributed by atoms with Gasteiger partial charge in [0.1, 0.15) is 5.65 Å². The third-order valence-electron chi connectivity index (χ3n) is 3.84. The largest absolute Gasteiger partial charge is 0.346 e. The number of aromatic amines is 1. The van der Waals surface area contributed by atoms with Crippen molar-refractivity contribution in [1.29, 1.82) is 5.26 Å². The molecule has 0 radical (unpaired) electrons. The Morgan fingerprint density at radius 2 is 2.00 bits per heavy atom. The quantitative estimate of drug-likeness (QED) is 0.629. The van der Waals surface area contributed by atoms with E-state index in [0.717, 1.165) is 33.4 Å². The summed E-state index contributed by atoms with van der Waals surface area (Å²) in [6, 6.07) is 14.0. The van der Waals surface area contributed by atoms with Crippen molar-refractivity contribution in [2.24, 2.45) is 0 Å². The minimum Gasteiger partial charge on any atom is -0.346 e. The Balaban J connectivity index is 1.72. The first-order valence-electron chi connectivity index (χ1n) is 7.28. The second kappa shape index (κ2) is 5.43. The molecule has 0 aliphatic rings. The third-order valence-corrected chi connectivity index (χ3v) is 3.84. The minimum atomic E-state index is 0.424. The van der Waals surface area contributed by atoms with E-state index in [-0.39, 0.29) is 0 Å². The Bertz CT molecular complexity index is 1000. The molecule has 1 aromatic carbocycles. The van der Waals surface area contributed by atoms with Crippen LogP contribution in [-0.2, 0) is 6.42 Å². The van der Waals surface area contributed by atoms with Crippen LogP contribution >= 0.6 is 0 Å². The second-order valence-electron chi connectivity index (χ2n) is 5.27. The normalized spacial score (nSPS) is 10.7. The summed E-state index contributed by atoms with van der Waals surface area (Å²) in [6.07, 6.45) is 7.96. The Morgan fingerprint density at radius 1 is 1.13 bits per heavy atom. The zero-order chi connectivity index (χ0) is 15.6. The summed E-state index contributed by atoms with van der Waals surface area (Å²) in [4.78, 5) is 7.43. The summed E-state index contributed by atoms with van der Waals surface area (Å²) in [5.41, 5.74) is 4.99. The lowest BCUT2D eigenvalue weighted by Crippen LogP contribution is -1.94. The lowest BCUT2D eigenvalue weighted by Gasteiger charge is -2.02. The van der Waals surface area contributed by atoms with Crippen LogP contribution in [0.25, 0.3) is 27.8 Å². The van der Waals surface area contributed by atoms with Gasteiger partial charge in [0.25, 0.3) is 0 Å². The SMILES string of the molecule is N#CCc1ccc(-n2cc(-c3ccnc4[nH]ccc34)cn2)cc1. The second-order valence-corrected chi connectivity index (χ2v) is 5.27. The van der Waals surface area contributed by atoms with Crippen LogP contribution in [0.15, 0.2) is 61.2 Å². The predicted molar refractivity (Wildman–Crippen MR) is 88.0 cm³/mol. The van der Waals surface area contributed by atoms with Gasteiger partial charge in [0.05, 0.1) is 24.4 Å². The lowest BCUT2D eigenvalue weighted by molar-refractivity contribution is 0.880. The van der Waals surface area contributed by atoms with E-state index in [1.54, 1.807) is 6.20 Å². The molecule has 0 saturated carbocycles. The molecule has 5 nitrogen and oxygen atoms in total. The number of rotatable bonds is 3. The molecule has 0 saturated heterocycles. The molecular weight excluding hydrogens is 286 g/mol. The van der Waals surface area contributed by atoms with Crippen molar-refractivity contribution in [1.82, 2.24) is 19.7 Å². The first-order valence-corrected chi connectivity index (χ1v) is 7.28. The topological polar surface area (TPSA) is 70.3 Å². The van der Waals surface area contributed by atoms with Crippen LogP contribution in [0.1, 0.15) is 5.56 Å². The van der Waals surface area contributed by atoms with Crippen molar-refractivity contribution in [3.8, 4) is 22.9 Å². The third kappa shape index (κ3) is 2.36. The average molecular weight is 299 g/mol. The highest BCUT2D eigenvalue weighted by Crippen LogP contribution is 2.27. The molecule has 0 bridgehead atoms. The van der Waals surface area contributed by atoms with E-state index in [1.807, 2.05) is 59.7 Å². The molecule has 0 unspecified atom stereocenters. The Hall–Kier alpha value is -3.39. The van der Waals surface area contributed by atoms with Crippen LogP contribution in [0.3, 0.4) is 0 Å². The highest BCUT2D eigenvalue weighted by atomic mass is 15.3. The van der Waals surface area contributed by atoms with Gasteiger partial charge in [0.15, 0.2) is 0 Å². The minimum absolute atomic E-state index is 0.424. The smallest absolute Gasteiger partial charge is 0.137 e.